The van der Waals surface area contributed by atoms with Gasteiger partial charge in [0.25, 0.3) is 0 Å². The summed E-state index contributed by atoms with van der Waals surface area (Å²) in [7, 11) is 0. The Balaban J connectivity index is 1.93. The van der Waals surface area contributed by atoms with E-state index in [-0.39, 0.29) is 5.91 Å². The molecule has 5 heteroatoms. The normalized spacial score (nSPS) is 9.82. The first-order chi connectivity index (χ1) is 10.7. The number of nitrogens with zero attached hydrogens (tertiary/aromatic N) is 2. The largest absolute Gasteiger partial charge is 0.340 e. The second-order valence-corrected chi connectivity index (χ2v) is 4.90. The molecule has 0 aliphatic rings. The van der Waals surface area contributed by atoms with Gasteiger partial charge >= 0.3 is 0 Å². The van der Waals surface area contributed by atoms with Crippen LogP contribution in [-0.2, 0) is 4.79 Å². The average Bonchev–Trinajstić information content (AvgIpc) is 2.55. The Morgan fingerprint density at radius 1 is 1.18 bits per heavy atom. The van der Waals surface area contributed by atoms with Gasteiger partial charge < -0.3 is 10.6 Å². The Morgan fingerprint density at radius 3 is 2.50 bits per heavy atom. The summed E-state index contributed by atoms with van der Waals surface area (Å²) in [6, 6.07) is 12.8. The van der Waals surface area contributed by atoms with Gasteiger partial charge in [-0.25, -0.2) is 4.98 Å². The van der Waals surface area contributed by atoms with E-state index in [1.165, 1.54) is 0 Å². The topological polar surface area (TPSA) is 77.8 Å². The minimum absolute atomic E-state index is 0.0106. The molecule has 0 radical (unpaired) electrons. The van der Waals surface area contributed by atoms with Crippen molar-refractivity contribution in [1.82, 2.24) is 4.98 Å². The molecule has 0 saturated heterocycles. The van der Waals surface area contributed by atoms with Crippen LogP contribution in [0.25, 0.3) is 0 Å². The predicted octanol–water partition coefficient (Wildman–Crippen LogP) is 3.83. The molecule has 0 aliphatic carbocycles. The SMILES string of the molecule is CCCCC(=O)Nc1ccc(Nc2ccc(C#N)cc2)nc1. The van der Waals surface area contributed by atoms with Crippen LogP contribution in [0.1, 0.15) is 31.7 Å². The van der Waals surface area contributed by atoms with Crippen molar-refractivity contribution in [2.75, 3.05) is 10.6 Å². The molecule has 22 heavy (non-hydrogen) atoms. The number of hydrogen-bond donors (Lipinski definition) is 2. The van der Waals surface area contributed by atoms with Crippen molar-refractivity contribution in [2.45, 2.75) is 26.2 Å². The minimum Gasteiger partial charge on any atom is -0.340 e. The second kappa shape index (κ2) is 7.79. The number of amides is 1. The van der Waals surface area contributed by atoms with Crippen molar-refractivity contribution >= 4 is 23.1 Å². The maximum absolute atomic E-state index is 11.6. The third-order valence-electron chi connectivity index (χ3n) is 3.09. The zero-order chi connectivity index (χ0) is 15.8. The second-order valence-electron chi connectivity index (χ2n) is 4.90. The summed E-state index contributed by atoms with van der Waals surface area (Å²) in [4.78, 5) is 15.9. The number of nitrogens with one attached hydrogen (secondary N) is 2. The summed E-state index contributed by atoms with van der Waals surface area (Å²) < 4.78 is 0. The summed E-state index contributed by atoms with van der Waals surface area (Å²) in [5, 5.41) is 14.7. The molecule has 0 spiro atoms. The highest BCUT2D eigenvalue weighted by molar-refractivity contribution is 5.90. The van der Waals surface area contributed by atoms with Crippen LogP contribution < -0.4 is 10.6 Å². The summed E-state index contributed by atoms with van der Waals surface area (Å²) in [6.45, 7) is 2.05. The fraction of sp³-hybridized carbons (Fsp3) is 0.235. The highest BCUT2D eigenvalue weighted by atomic mass is 16.1. The molecule has 2 aromatic rings. The van der Waals surface area contributed by atoms with Crippen molar-refractivity contribution in [1.29, 1.82) is 5.26 Å². The maximum Gasteiger partial charge on any atom is 0.224 e. The van der Waals surface area contributed by atoms with Gasteiger partial charge in [0.15, 0.2) is 0 Å². The molecular formula is C17H18N4O. The Bertz CT molecular complexity index is 657. The fourth-order valence-corrected chi connectivity index (χ4v) is 1.88. The van der Waals surface area contributed by atoms with Crippen LogP contribution in [0.2, 0.25) is 0 Å². The van der Waals surface area contributed by atoms with Crippen LogP contribution in [0, 0.1) is 11.3 Å². The molecule has 1 aromatic heterocycles. The summed E-state index contributed by atoms with van der Waals surface area (Å²) in [6.07, 6.45) is 4.04. The molecule has 0 aliphatic heterocycles. The van der Waals surface area contributed by atoms with E-state index in [0.717, 1.165) is 18.5 Å². The van der Waals surface area contributed by atoms with Crippen LogP contribution in [0.5, 0.6) is 0 Å². The Labute approximate surface area is 130 Å². The minimum atomic E-state index is 0.0106. The summed E-state index contributed by atoms with van der Waals surface area (Å²) >= 11 is 0. The molecule has 5 nitrogen and oxygen atoms in total. The molecule has 2 rings (SSSR count). The van der Waals surface area contributed by atoms with E-state index < -0.39 is 0 Å². The third-order valence-corrected chi connectivity index (χ3v) is 3.09. The number of unbranched alkanes of at least 4 members (excludes halogenated alkanes) is 1. The van der Waals surface area contributed by atoms with Crippen molar-refractivity contribution in [3.05, 3.63) is 48.2 Å². The molecule has 0 unspecified atom stereocenters. The van der Waals surface area contributed by atoms with Crippen LogP contribution >= 0.6 is 0 Å². The number of rotatable bonds is 6. The van der Waals surface area contributed by atoms with Crippen molar-refractivity contribution < 1.29 is 4.79 Å². The van der Waals surface area contributed by atoms with Crippen molar-refractivity contribution in [3.8, 4) is 6.07 Å². The van der Waals surface area contributed by atoms with Crippen LogP contribution in [0.4, 0.5) is 17.2 Å². The molecule has 0 fully saturated rings. The van der Waals surface area contributed by atoms with Gasteiger partial charge in [-0.3, -0.25) is 4.79 Å². The lowest BCUT2D eigenvalue weighted by Crippen LogP contribution is -2.11. The highest BCUT2D eigenvalue weighted by Gasteiger charge is 2.02. The predicted molar refractivity (Wildman–Crippen MR) is 86.8 cm³/mol. The van der Waals surface area contributed by atoms with E-state index in [0.29, 0.717) is 23.5 Å². The number of hydrogen-bond acceptors (Lipinski definition) is 4. The van der Waals surface area contributed by atoms with Gasteiger partial charge in [0.2, 0.25) is 5.91 Å². The van der Waals surface area contributed by atoms with Crippen LogP contribution in [0.3, 0.4) is 0 Å². The van der Waals surface area contributed by atoms with E-state index in [4.69, 9.17) is 5.26 Å². The van der Waals surface area contributed by atoms with Gasteiger partial charge in [0.1, 0.15) is 5.82 Å². The zero-order valence-corrected chi connectivity index (χ0v) is 12.5. The fourth-order valence-electron chi connectivity index (χ4n) is 1.88. The molecule has 1 heterocycles. The van der Waals surface area contributed by atoms with Gasteiger partial charge in [0, 0.05) is 12.1 Å². The Hall–Kier alpha value is -2.87. The highest BCUT2D eigenvalue weighted by Crippen LogP contribution is 2.17. The standard InChI is InChI=1S/C17H18N4O/c1-2-3-4-17(22)21-15-9-10-16(19-12-15)20-14-7-5-13(11-18)6-8-14/h5-10,12H,2-4H2,1H3,(H,19,20)(H,21,22). The molecule has 112 valence electrons. The summed E-state index contributed by atoms with van der Waals surface area (Å²) in [5.41, 5.74) is 2.15. The smallest absolute Gasteiger partial charge is 0.224 e. The number of aromatic nitrogens is 1. The van der Waals surface area contributed by atoms with E-state index in [2.05, 4.69) is 28.6 Å². The number of pyridine rings is 1. The Morgan fingerprint density at radius 2 is 1.91 bits per heavy atom. The number of anilines is 3. The van der Waals surface area contributed by atoms with E-state index >= 15 is 0 Å². The molecule has 1 amide bonds. The first-order valence-corrected chi connectivity index (χ1v) is 7.24. The summed E-state index contributed by atoms with van der Waals surface area (Å²) in [5.74, 6) is 0.688. The lowest BCUT2D eigenvalue weighted by atomic mass is 10.2. The number of carbonyl (C=O) groups is 1. The average molecular weight is 294 g/mol. The molecule has 0 bridgehead atoms. The van der Waals surface area contributed by atoms with Gasteiger partial charge in [-0.1, -0.05) is 13.3 Å². The van der Waals surface area contributed by atoms with E-state index in [1.54, 1.807) is 24.4 Å². The first kappa shape index (κ1) is 15.5. The van der Waals surface area contributed by atoms with E-state index in [9.17, 15) is 4.79 Å². The lowest BCUT2D eigenvalue weighted by Gasteiger charge is -2.08. The quantitative estimate of drug-likeness (QED) is 0.848. The van der Waals surface area contributed by atoms with Crippen LogP contribution in [0.15, 0.2) is 42.6 Å². The number of benzene rings is 1. The molecule has 1 aromatic carbocycles. The maximum atomic E-state index is 11.6. The van der Waals surface area contributed by atoms with Gasteiger partial charge in [0.05, 0.1) is 23.5 Å². The van der Waals surface area contributed by atoms with Crippen LogP contribution in [-0.4, -0.2) is 10.9 Å². The van der Waals surface area contributed by atoms with E-state index in [1.807, 2.05) is 18.2 Å². The molecule has 0 atom stereocenters. The third kappa shape index (κ3) is 4.60. The first-order valence-electron chi connectivity index (χ1n) is 7.24. The number of nitriles is 1. The van der Waals surface area contributed by atoms with Gasteiger partial charge in [-0.2, -0.15) is 5.26 Å². The van der Waals surface area contributed by atoms with Crippen molar-refractivity contribution in [3.63, 3.8) is 0 Å². The monoisotopic (exact) mass is 294 g/mol. The van der Waals surface area contributed by atoms with Crippen molar-refractivity contribution in [2.24, 2.45) is 0 Å². The molecular weight excluding hydrogens is 276 g/mol. The molecule has 0 saturated carbocycles. The Kier molecular flexibility index (Phi) is 5.50. The zero-order valence-electron chi connectivity index (χ0n) is 12.5. The van der Waals surface area contributed by atoms with Gasteiger partial charge in [-0.15, -0.1) is 0 Å². The number of carbonyl (C=O) groups excluding carboxylic acids is 1. The molecule has 2 N–H and O–H groups in total. The lowest BCUT2D eigenvalue weighted by molar-refractivity contribution is -0.116. The van der Waals surface area contributed by atoms with Gasteiger partial charge in [-0.05, 0) is 42.8 Å².